The average molecular weight is 474 g/mol. The first-order chi connectivity index (χ1) is 11.9. The number of nitrogens with one attached hydrogen (secondary N) is 2. The number of furan rings is 1. The molecule has 0 saturated heterocycles. The van der Waals surface area contributed by atoms with Gasteiger partial charge in [-0.15, -0.1) is 24.0 Å². The van der Waals surface area contributed by atoms with Crippen molar-refractivity contribution >= 4 is 29.9 Å². The van der Waals surface area contributed by atoms with Crippen molar-refractivity contribution in [2.45, 2.75) is 33.0 Å². The Morgan fingerprint density at radius 3 is 2.58 bits per heavy atom. The molecule has 1 aromatic heterocycles. The van der Waals surface area contributed by atoms with Crippen molar-refractivity contribution in [1.82, 2.24) is 15.5 Å². The fourth-order valence-corrected chi connectivity index (χ4v) is 2.54. The lowest BCUT2D eigenvalue weighted by molar-refractivity contribution is 0.392. The van der Waals surface area contributed by atoms with E-state index in [2.05, 4.69) is 15.6 Å². The minimum absolute atomic E-state index is 0. The lowest BCUT2D eigenvalue weighted by Crippen LogP contribution is -2.38. The van der Waals surface area contributed by atoms with E-state index in [9.17, 15) is 4.39 Å². The molecule has 0 bridgehead atoms. The Kier molecular flexibility index (Phi) is 9.07. The van der Waals surface area contributed by atoms with E-state index in [1.165, 1.54) is 6.07 Å². The summed E-state index contributed by atoms with van der Waals surface area (Å²) in [4.78, 5) is 6.18. The molecule has 0 spiro atoms. The minimum Gasteiger partial charge on any atom is -0.464 e. The lowest BCUT2D eigenvalue weighted by atomic mass is 10.1. The summed E-state index contributed by atoms with van der Waals surface area (Å²) < 4.78 is 19.5. The van der Waals surface area contributed by atoms with Crippen molar-refractivity contribution in [3.63, 3.8) is 0 Å². The van der Waals surface area contributed by atoms with Crippen molar-refractivity contribution in [3.05, 3.63) is 58.8 Å². The lowest BCUT2D eigenvalue weighted by Gasteiger charge is -2.17. The van der Waals surface area contributed by atoms with Crippen molar-refractivity contribution in [2.24, 2.45) is 4.99 Å². The van der Waals surface area contributed by atoms with Gasteiger partial charge in [-0.2, -0.15) is 0 Å². The second kappa shape index (κ2) is 10.5. The monoisotopic (exact) mass is 474 g/mol. The van der Waals surface area contributed by atoms with Gasteiger partial charge in [0.1, 0.15) is 17.3 Å². The molecule has 0 radical (unpaired) electrons. The van der Waals surface area contributed by atoms with Crippen molar-refractivity contribution in [1.29, 1.82) is 0 Å². The molecular formula is C19H28FIN4O. The van der Waals surface area contributed by atoms with Gasteiger partial charge in [-0.1, -0.05) is 6.07 Å². The van der Waals surface area contributed by atoms with Crippen molar-refractivity contribution in [2.75, 3.05) is 21.1 Å². The van der Waals surface area contributed by atoms with Crippen LogP contribution in [0.3, 0.4) is 0 Å². The summed E-state index contributed by atoms with van der Waals surface area (Å²) in [6.45, 7) is 5.06. The molecule has 0 aliphatic carbocycles. The number of halogens is 2. The van der Waals surface area contributed by atoms with Gasteiger partial charge < -0.3 is 20.0 Å². The van der Waals surface area contributed by atoms with Gasteiger partial charge in [-0.25, -0.2) is 4.39 Å². The molecule has 1 heterocycles. The maximum atomic E-state index is 13.9. The van der Waals surface area contributed by atoms with Gasteiger partial charge >= 0.3 is 0 Å². The second-order valence-corrected chi connectivity index (χ2v) is 6.40. The van der Waals surface area contributed by atoms with Gasteiger partial charge in [0.15, 0.2) is 5.96 Å². The number of hydrogen-bond donors (Lipinski definition) is 2. The molecule has 1 atom stereocenters. The molecule has 0 aliphatic heterocycles. The molecule has 2 aromatic rings. The number of hydrogen-bond acceptors (Lipinski definition) is 3. The summed E-state index contributed by atoms with van der Waals surface area (Å²) in [5.74, 6) is 2.23. The van der Waals surface area contributed by atoms with Crippen molar-refractivity contribution < 1.29 is 8.81 Å². The Hall–Kier alpha value is -1.61. The van der Waals surface area contributed by atoms with E-state index in [0.717, 1.165) is 17.1 Å². The standard InChI is InChI=1S/C19H27FN4O.HI/c1-13-6-9-18(25-13)14(2)23-19(21-3)22-11-15-7-8-17(20)16(10-15)12-24(4)5;/h6-10,14H,11-12H2,1-5H3,(H2,21,22,23);1H. The van der Waals surface area contributed by atoms with Gasteiger partial charge in [-0.3, -0.25) is 4.99 Å². The Bertz CT molecular complexity index is 730. The first kappa shape index (κ1) is 22.4. The van der Waals surface area contributed by atoms with Crippen molar-refractivity contribution in [3.8, 4) is 0 Å². The molecule has 5 nitrogen and oxygen atoms in total. The zero-order valence-electron chi connectivity index (χ0n) is 16.0. The van der Waals surface area contributed by atoms with Gasteiger partial charge in [0.05, 0.1) is 6.04 Å². The highest BCUT2D eigenvalue weighted by Crippen LogP contribution is 2.15. The molecule has 0 saturated carbocycles. The van der Waals surface area contributed by atoms with Gasteiger partial charge in [-0.05, 0) is 57.8 Å². The molecule has 7 heteroatoms. The van der Waals surface area contributed by atoms with E-state index in [-0.39, 0.29) is 35.8 Å². The molecule has 0 amide bonds. The van der Waals surface area contributed by atoms with E-state index < -0.39 is 0 Å². The van der Waals surface area contributed by atoms with Crippen LogP contribution in [0.25, 0.3) is 0 Å². The third-order valence-corrected chi connectivity index (χ3v) is 3.82. The van der Waals surface area contributed by atoms with Crippen LogP contribution in [0, 0.1) is 12.7 Å². The number of benzene rings is 1. The summed E-state index contributed by atoms with van der Waals surface area (Å²) in [5.41, 5.74) is 1.69. The molecular weight excluding hydrogens is 446 g/mol. The highest BCUT2D eigenvalue weighted by atomic mass is 127. The van der Waals surface area contributed by atoms with Crippen LogP contribution < -0.4 is 10.6 Å². The molecule has 1 unspecified atom stereocenters. The number of nitrogens with zero attached hydrogens (tertiary/aromatic N) is 2. The highest BCUT2D eigenvalue weighted by molar-refractivity contribution is 14.0. The smallest absolute Gasteiger partial charge is 0.191 e. The Morgan fingerprint density at radius 1 is 1.27 bits per heavy atom. The van der Waals surface area contributed by atoms with Crippen LogP contribution in [-0.2, 0) is 13.1 Å². The fraction of sp³-hybridized carbons (Fsp3) is 0.421. The molecule has 0 aliphatic rings. The molecule has 1 aromatic carbocycles. The zero-order chi connectivity index (χ0) is 18.4. The predicted octanol–water partition coefficient (Wildman–Crippen LogP) is 3.83. The Balaban J connectivity index is 0.00000338. The molecule has 144 valence electrons. The Labute approximate surface area is 172 Å². The second-order valence-electron chi connectivity index (χ2n) is 6.40. The maximum Gasteiger partial charge on any atom is 0.191 e. The zero-order valence-corrected chi connectivity index (χ0v) is 18.3. The van der Waals surface area contributed by atoms with E-state index in [0.29, 0.717) is 24.6 Å². The van der Waals surface area contributed by atoms with Gasteiger partial charge in [0, 0.05) is 25.7 Å². The SMILES string of the molecule is CN=C(NCc1ccc(F)c(CN(C)C)c1)NC(C)c1ccc(C)o1.I. The first-order valence-electron chi connectivity index (χ1n) is 8.34. The summed E-state index contributed by atoms with van der Waals surface area (Å²) in [6, 6.07) is 9.07. The third kappa shape index (κ3) is 6.60. The van der Waals surface area contributed by atoms with Crippen LogP contribution in [-0.4, -0.2) is 32.0 Å². The van der Waals surface area contributed by atoms with Crippen LogP contribution in [0.5, 0.6) is 0 Å². The van der Waals surface area contributed by atoms with Gasteiger partial charge in [0.2, 0.25) is 0 Å². The van der Waals surface area contributed by atoms with Gasteiger partial charge in [0.25, 0.3) is 0 Å². The summed E-state index contributed by atoms with van der Waals surface area (Å²) >= 11 is 0. The van der Waals surface area contributed by atoms with E-state index >= 15 is 0 Å². The fourth-order valence-electron chi connectivity index (χ4n) is 2.54. The maximum absolute atomic E-state index is 13.9. The molecule has 26 heavy (non-hydrogen) atoms. The predicted molar refractivity (Wildman–Crippen MR) is 114 cm³/mol. The summed E-state index contributed by atoms with van der Waals surface area (Å²) in [6.07, 6.45) is 0. The third-order valence-electron chi connectivity index (χ3n) is 3.82. The van der Waals surface area contributed by atoms with E-state index in [1.54, 1.807) is 13.1 Å². The topological polar surface area (TPSA) is 52.8 Å². The largest absolute Gasteiger partial charge is 0.464 e. The van der Waals surface area contributed by atoms with Crippen LogP contribution in [0.4, 0.5) is 4.39 Å². The van der Waals surface area contributed by atoms with Crippen LogP contribution in [0.1, 0.15) is 35.6 Å². The molecule has 0 fully saturated rings. The first-order valence-corrected chi connectivity index (χ1v) is 8.34. The summed E-state index contributed by atoms with van der Waals surface area (Å²) in [5, 5.41) is 6.54. The normalized spacial score (nSPS) is 12.7. The summed E-state index contributed by atoms with van der Waals surface area (Å²) in [7, 11) is 5.57. The van der Waals surface area contributed by atoms with Crippen LogP contribution >= 0.6 is 24.0 Å². The van der Waals surface area contributed by atoms with Crippen LogP contribution in [0.2, 0.25) is 0 Å². The number of guanidine groups is 1. The molecule has 2 rings (SSSR count). The quantitative estimate of drug-likeness (QED) is 0.380. The molecule has 2 N–H and O–H groups in total. The number of rotatable bonds is 6. The minimum atomic E-state index is -0.179. The Morgan fingerprint density at radius 2 is 2.00 bits per heavy atom. The highest BCUT2D eigenvalue weighted by Gasteiger charge is 2.11. The average Bonchev–Trinajstić information content (AvgIpc) is 3.00. The number of aliphatic imine (C=N–C) groups is 1. The van der Waals surface area contributed by atoms with E-state index in [1.807, 2.05) is 51.0 Å². The van der Waals surface area contributed by atoms with E-state index in [4.69, 9.17) is 4.42 Å². The van der Waals surface area contributed by atoms with Crippen LogP contribution in [0.15, 0.2) is 39.7 Å². The number of aryl methyl sites for hydroxylation is 1.